The van der Waals surface area contributed by atoms with Crippen molar-refractivity contribution >= 4 is 45.8 Å². The van der Waals surface area contributed by atoms with Gasteiger partial charge in [-0.3, -0.25) is 5.32 Å². The van der Waals surface area contributed by atoms with Crippen molar-refractivity contribution in [3.63, 3.8) is 0 Å². The van der Waals surface area contributed by atoms with Crippen LogP contribution in [-0.2, 0) is 0 Å². The third kappa shape index (κ3) is 3.21. The molecule has 2 aromatic rings. The van der Waals surface area contributed by atoms with Crippen LogP contribution in [0.2, 0.25) is 5.02 Å². The summed E-state index contributed by atoms with van der Waals surface area (Å²) in [6, 6.07) is 3.86. The molecule has 6 nitrogen and oxygen atoms in total. The van der Waals surface area contributed by atoms with E-state index >= 15 is 0 Å². The van der Waals surface area contributed by atoms with E-state index in [0.29, 0.717) is 5.13 Å². The van der Waals surface area contributed by atoms with Crippen LogP contribution in [0.3, 0.4) is 0 Å². The zero-order valence-electron chi connectivity index (χ0n) is 9.38. The van der Waals surface area contributed by atoms with Gasteiger partial charge < -0.3 is 10.4 Å². The van der Waals surface area contributed by atoms with Gasteiger partial charge in [-0.15, -0.1) is 11.3 Å². The fraction of sp³-hybridized carbons (Fsp3) is 0. The Balaban J connectivity index is 2.17. The standard InChI is InChI=1S/C11H8ClN3O3S/c12-6-2-1-3-7(8(6)9(16)17)14-10(18)15-11-13-4-5-19-11/h1-5H,(H,16,17)(H2,13,14,15,18). The number of hydrogen-bond acceptors (Lipinski definition) is 4. The van der Waals surface area contributed by atoms with Gasteiger partial charge in [0, 0.05) is 11.6 Å². The number of aromatic carboxylic acids is 1. The summed E-state index contributed by atoms with van der Waals surface area (Å²) in [5.74, 6) is -1.21. The summed E-state index contributed by atoms with van der Waals surface area (Å²) in [6.07, 6.45) is 1.54. The van der Waals surface area contributed by atoms with E-state index in [1.807, 2.05) is 0 Å². The number of rotatable bonds is 3. The molecule has 0 saturated carbocycles. The number of carbonyl (C=O) groups is 2. The van der Waals surface area contributed by atoms with E-state index in [2.05, 4.69) is 15.6 Å². The van der Waals surface area contributed by atoms with E-state index in [9.17, 15) is 9.59 Å². The van der Waals surface area contributed by atoms with Gasteiger partial charge in [0.25, 0.3) is 0 Å². The van der Waals surface area contributed by atoms with Crippen molar-refractivity contribution < 1.29 is 14.7 Å². The van der Waals surface area contributed by atoms with Gasteiger partial charge in [-0.25, -0.2) is 14.6 Å². The molecule has 0 radical (unpaired) electrons. The number of amides is 2. The third-order valence-electron chi connectivity index (χ3n) is 2.13. The Labute approximate surface area is 117 Å². The van der Waals surface area contributed by atoms with E-state index in [1.54, 1.807) is 17.6 Å². The van der Waals surface area contributed by atoms with Crippen LogP contribution < -0.4 is 10.6 Å². The maximum Gasteiger partial charge on any atom is 0.339 e. The van der Waals surface area contributed by atoms with Crippen molar-refractivity contribution in [2.75, 3.05) is 10.6 Å². The normalized spacial score (nSPS) is 9.95. The highest BCUT2D eigenvalue weighted by atomic mass is 35.5. The van der Waals surface area contributed by atoms with Crippen LogP contribution in [0.5, 0.6) is 0 Å². The highest BCUT2D eigenvalue weighted by Gasteiger charge is 2.16. The first kappa shape index (κ1) is 13.3. The molecule has 0 saturated heterocycles. The molecule has 19 heavy (non-hydrogen) atoms. The third-order valence-corrected chi connectivity index (χ3v) is 3.13. The molecule has 8 heteroatoms. The summed E-state index contributed by atoms with van der Waals surface area (Å²) in [7, 11) is 0. The summed E-state index contributed by atoms with van der Waals surface area (Å²) in [5, 5.41) is 16.1. The van der Waals surface area contributed by atoms with E-state index in [-0.39, 0.29) is 16.3 Å². The average Bonchev–Trinajstić information content (AvgIpc) is 2.81. The van der Waals surface area contributed by atoms with E-state index < -0.39 is 12.0 Å². The molecule has 0 aliphatic heterocycles. The number of aromatic nitrogens is 1. The van der Waals surface area contributed by atoms with Gasteiger partial charge in [0.05, 0.1) is 10.7 Å². The smallest absolute Gasteiger partial charge is 0.339 e. The number of carboxylic acid groups (broad SMARTS) is 1. The summed E-state index contributed by atoms with van der Waals surface area (Å²) in [6.45, 7) is 0. The first-order valence-electron chi connectivity index (χ1n) is 5.07. The van der Waals surface area contributed by atoms with Crippen LogP contribution in [0.15, 0.2) is 29.8 Å². The molecule has 1 aromatic carbocycles. The van der Waals surface area contributed by atoms with Gasteiger partial charge in [-0.05, 0) is 12.1 Å². The average molecular weight is 298 g/mol. The minimum Gasteiger partial charge on any atom is -0.478 e. The second kappa shape index (κ2) is 5.68. The van der Waals surface area contributed by atoms with Crippen LogP contribution >= 0.6 is 22.9 Å². The zero-order chi connectivity index (χ0) is 13.8. The number of benzene rings is 1. The number of anilines is 2. The molecule has 98 valence electrons. The molecule has 0 bridgehead atoms. The molecule has 0 unspecified atom stereocenters. The number of thiazole rings is 1. The maximum atomic E-state index is 11.7. The predicted molar refractivity (Wildman–Crippen MR) is 73.2 cm³/mol. The molecule has 3 N–H and O–H groups in total. The highest BCUT2D eigenvalue weighted by Crippen LogP contribution is 2.24. The monoisotopic (exact) mass is 297 g/mol. The van der Waals surface area contributed by atoms with Crippen LogP contribution in [0.1, 0.15) is 10.4 Å². The van der Waals surface area contributed by atoms with Crippen LogP contribution in [0.4, 0.5) is 15.6 Å². The fourth-order valence-corrected chi connectivity index (χ4v) is 2.16. The Hall–Kier alpha value is -2.12. The van der Waals surface area contributed by atoms with Crippen molar-refractivity contribution in [2.24, 2.45) is 0 Å². The van der Waals surface area contributed by atoms with Crippen molar-refractivity contribution in [1.82, 2.24) is 4.98 Å². The number of carboxylic acids is 1. The van der Waals surface area contributed by atoms with Crippen LogP contribution in [0.25, 0.3) is 0 Å². The van der Waals surface area contributed by atoms with Gasteiger partial charge in [0.2, 0.25) is 0 Å². The van der Waals surface area contributed by atoms with Gasteiger partial charge in [-0.1, -0.05) is 17.7 Å². The first-order valence-corrected chi connectivity index (χ1v) is 6.33. The van der Waals surface area contributed by atoms with Gasteiger partial charge in [-0.2, -0.15) is 0 Å². The molecule has 0 spiro atoms. The Bertz CT molecular complexity index is 616. The Kier molecular flexibility index (Phi) is 3.98. The molecular formula is C11H8ClN3O3S. The molecule has 0 fully saturated rings. The summed E-state index contributed by atoms with van der Waals surface area (Å²) < 4.78 is 0. The maximum absolute atomic E-state index is 11.7. The van der Waals surface area contributed by atoms with Crippen molar-refractivity contribution in [3.05, 3.63) is 40.4 Å². The van der Waals surface area contributed by atoms with Gasteiger partial charge in [0.15, 0.2) is 5.13 Å². The summed E-state index contributed by atoms with van der Waals surface area (Å²) >= 11 is 7.04. The minimum atomic E-state index is -1.21. The lowest BCUT2D eigenvalue weighted by molar-refractivity contribution is 0.0698. The molecule has 1 aromatic heterocycles. The Morgan fingerprint density at radius 1 is 1.32 bits per heavy atom. The van der Waals surface area contributed by atoms with E-state index in [1.165, 1.54) is 23.5 Å². The largest absolute Gasteiger partial charge is 0.478 e. The first-order chi connectivity index (χ1) is 9.08. The van der Waals surface area contributed by atoms with Crippen molar-refractivity contribution in [2.45, 2.75) is 0 Å². The second-order valence-corrected chi connectivity index (χ2v) is 4.69. The van der Waals surface area contributed by atoms with Gasteiger partial charge in [0.1, 0.15) is 5.56 Å². The van der Waals surface area contributed by atoms with E-state index in [0.717, 1.165) is 0 Å². The van der Waals surface area contributed by atoms with Gasteiger partial charge >= 0.3 is 12.0 Å². The Morgan fingerprint density at radius 3 is 2.74 bits per heavy atom. The number of halogens is 1. The molecule has 2 amide bonds. The quantitative estimate of drug-likeness (QED) is 0.811. The number of urea groups is 1. The lowest BCUT2D eigenvalue weighted by atomic mass is 10.2. The second-order valence-electron chi connectivity index (χ2n) is 3.38. The number of nitrogens with one attached hydrogen (secondary N) is 2. The van der Waals surface area contributed by atoms with Crippen molar-refractivity contribution in [3.8, 4) is 0 Å². The molecule has 0 atom stereocenters. The highest BCUT2D eigenvalue weighted by molar-refractivity contribution is 7.13. The van der Waals surface area contributed by atoms with Crippen LogP contribution in [-0.4, -0.2) is 22.1 Å². The molecule has 1 heterocycles. The lowest BCUT2D eigenvalue weighted by Crippen LogP contribution is -2.21. The number of nitrogens with zero attached hydrogens (tertiary/aromatic N) is 1. The van der Waals surface area contributed by atoms with Crippen molar-refractivity contribution in [1.29, 1.82) is 0 Å². The lowest BCUT2D eigenvalue weighted by Gasteiger charge is -2.09. The van der Waals surface area contributed by atoms with Crippen LogP contribution in [0, 0.1) is 0 Å². The summed E-state index contributed by atoms with van der Waals surface area (Å²) in [5.41, 5.74) is -0.0347. The topological polar surface area (TPSA) is 91.3 Å². The SMILES string of the molecule is O=C(Nc1nccs1)Nc1cccc(Cl)c1C(=O)O. The number of hydrogen-bond donors (Lipinski definition) is 3. The fourth-order valence-electron chi connectivity index (χ4n) is 1.38. The minimum absolute atomic E-state index is 0.0551. The van der Waals surface area contributed by atoms with E-state index in [4.69, 9.17) is 16.7 Å². The Morgan fingerprint density at radius 2 is 2.11 bits per heavy atom. The molecule has 2 rings (SSSR count). The number of carbonyl (C=O) groups excluding carboxylic acids is 1. The molecular weight excluding hydrogens is 290 g/mol. The molecule has 0 aliphatic rings. The molecule has 0 aliphatic carbocycles. The zero-order valence-corrected chi connectivity index (χ0v) is 11.0. The summed E-state index contributed by atoms with van der Waals surface area (Å²) in [4.78, 5) is 26.6. The predicted octanol–water partition coefficient (Wildman–Crippen LogP) is 3.14.